The normalized spacial score (nSPS) is 31.0. The molecule has 1 atom stereocenters. The monoisotopic (exact) mass is 233 g/mol. The van der Waals surface area contributed by atoms with Crippen molar-refractivity contribution in [1.29, 1.82) is 0 Å². The number of phenolic OH excluding ortho intramolecular Hbond substituents is 1. The van der Waals surface area contributed by atoms with Crippen LogP contribution in [0.2, 0.25) is 0 Å². The molecular weight excluding hydrogens is 214 g/mol. The van der Waals surface area contributed by atoms with Gasteiger partial charge in [-0.15, -0.1) is 0 Å². The molecule has 0 aromatic heterocycles. The number of nitrogens with one attached hydrogen (secondary N) is 1. The van der Waals surface area contributed by atoms with Crippen molar-refractivity contribution >= 4 is 0 Å². The zero-order valence-electron chi connectivity index (χ0n) is 9.89. The summed E-state index contributed by atoms with van der Waals surface area (Å²) in [6.45, 7) is 0.983. The number of aliphatic hydroxyl groups excluding tert-OH is 1. The Morgan fingerprint density at radius 3 is 2.88 bits per heavy atom. The number of rotatable bonds is 3. The second-order valence-electron chi connectivity index (χ2n) is 5.34. The molecule has 3 nitrogen and oxygen atoms in total. The highest BCUT2D eigenvalue weighted by Gasteiger charge is 2.29. The van der Waals surface area contributed by atoms with Crippen LogP contribution in [0.5, 0.6) is 5.75 Å². The van der Waals surface area contributed by atoms with E-state index in [1.165, 1.54) is 5.56 Å². The lowest BCUT2D eigenvalue weighted by Gasteiger charge is -2.32. The van der Waals surface area contributed by atoms with Crippen molar-refractivity contribution in [2.75, 3.05) is 6.54 Å². The van der Waals surface area contributed by atoms with Crippen LogP contribution in [0.4, 0.5) is 0 Å². The van der Waals surface area contributed by atoms with Crippen molar-refractivity contribution in [3.8, 4) is 5.75 Å². The summed E-state index contributed by atoms with van der Waals surface area (Å²) in [6, 6.07) is 6.18. The van der Waals surface area contributed by atoms with Crippen molar-refractivity contribution in [3.05, 3.63) is 29.3 Å². The lowest BCUT2D eigenvalue weighted by atomic mass is 9.82. The van der Waals surface area contributed by atoms with Gasteiger partial charge in [0.1, 0.15) is 5.75 Å². The minimum atomic E-state index is -0.0679. The summed E-state index contributed by atoms with van der Waals surface area (Å²) in [5, 5.41) is 22.6. The van der Waals surface area contributed by atoms with E-state index in [4.69, 9.17) is 0 Å². The summed E-state index contributed by atoms with van der Waals surface area (Å²) in [4.78, 5) is 0. The molecule has 0 amide bonds. The highest BCUT2D eigenvalue weighted by atomic mass is 16.3. The number of fused-ring (bicyclic) bond motifs is 1. The van der Waals surface area contributed by atoms with Gasteiger partial charge in [-0.3, -0.25) is 0 Å². The minimum Gasteiger partial charge on any atom is -0.508 e. The van der Waals surface area contributed by atoms with E-state index in [0.717, 1.165) is 37.8 Å². The van der Waals surface area contributed by atoms with Gasteiger partial charge in [0.2, 0.25) is 0 Å². The molecular formula is C14H19NO2. The molecule has 0 bridgehead atoms. The van der Waals surface area contributed by atoms with Crippen molar-refractivity contribution < 1.29 is 10.2 Å². The van der Waals surface area contributed by atoms with Crippen LogP contribution in [-0.4, -0.2) is 22.9 Å². The predicted molar refractivity (Wildman–Crippen MR) is 65.9 cm³/mol. The first kappa shape index (κ1) is 11.1. The van der Waals surface area contributed by atoms with Crippen molar-refractivity contribution in [3.63, 3.8) is 0 Å². The average Bonchev–Trinajstić information content (AvgIpc) is 2.68. The van der Waals surface area contributed by atoms with E-state index in [9.17, 15) is 10.2 Å². The zero-order chi connectivity index (χ0) is 11.8. The van der Waals surface area contributed by atoms with Gasteiger partial charge < -0.3 is 15.5 Å². The summed E-state index contributed by atoms with van der Waals surface area (Å²) in [7, 11) is 0. The van der Waals surface area contributed by atoms with Crippen molar-refractivity contribution in [1.82, 2.24) is 5.32 Å². The maximum atomic E-state index is 9.76. The fourth-order valence-corrected chi connectivity index (χ4v) is 3.02. The van der Waals surface area contributed by atoms with Crippen LogP contribution in [0.15, 0.2) is 18.2 Å². The van der Waals surface area contributed by atoms with Crippen LogP contribution >= 0.6 is 0 Å². The molecule has 1 aromatic rings. The standard InChI is InChI=1S/C14H19NO2/c16-10-6-9(7-10)8-15-13-5-4-12-11(13)2-1-3-14(12)17/h1-3,9-10,13,15-17H,4-8H2. The van der Waals surface area contributed by atoms with E-state index < -0.39 is 0 Å². The molecule has 1 fully saturated rings. The molecule has 3 N–H and O–H groups in total. The maximum absolute atomic E-state index is 9.76. The van der Waals surface area contributed by atoms with Crippen molar-refractivity contribution in [2.45, 2.75) is 37.8 Å². The van der Waals surface area contributed by atoms with Crippen LogP contribution in [0.1, 0.15) is 36.4 Å². The Kier molecular flexibility index (Phi) is 2.81. The Morgan fingerprint density at radius 1 is 1.29 bits per heavy atom. The maximum Gasteiger partial charge on any atom is 0.119 e. The van der Waals surface area contributed by atoms with Crippen LogP contribution in [0, 0.1) is 5.92 Å². The summed E-state index contributed by atoms with van der Waals surface area (Å²) in [6.07, 6.45) is 3.84. The first-order valence-corrected chi connectivity index (χ1v) is 6.46. The Balaban J connectivity index is 1.62. The molecule has 0 spiro atoms. The number of benzene rings is 1. The van der Waals surface area contributed by atoms with Gasteiger partial charge in [-0.2, -0.15) is 0 Å². The molecule has 1 aromatic carbocycles. The second-order valence-corrected chi connectivity index (χ2v) is 5.34. The van der Waals surface area contributed by atoms with Crippen LogP contribution < -0.4 is 5.32 Å². The number of aromatic hydroxyl groups is 1. The lowest BCUT2D eigenvalue weighted by Crippen LogP contribution is -2.37. The Morgan fingerprint density at radius 2 is 2.12 bits per heavy atom. The summed E-state index contributed by atoms with van der Waals surface area (Å²) >= 11 is 0. The third kappa shape index (κ3) is 2.05. The zero-order valence-corrected chi connectivity index (χ0v) is 9.89. The van der Waals surface area contributed by atoms with Gasteiger partial charge in [0.05, 0.1) is 6.10 Å². The molecule has 3 rings (SSSR count). The average molecular weight is 233 g/mol. The van der Waals surface area contributed by atoms with Crippen LogP contribution in [0.25, 0.3) is 0 Å². The van der Waals surface area contributed by atoms with Crippen LogP contribution in [-0.2, 0) is 6.42 Å². The van der Waals surface area contributed by atoms with Gasteiger partial charge in [-0.1, -0.05) is 12.1 Å². The number of aliphatic hydroxyl groups is 1. The van der Waals surface area contributed by atoms with Gasteiger partial charge in [0.25, 0.3) is 0 Å². The summed E-state index contributed by atoms with van der Waals surface area (Å²) in [5.41, 5.74) is 2.36. The molecule has 2 aliphatic rings. The topological polar surface area (TPSA) is 52.5 Å². The first-order chi connectivity index (χ1) is 8.24. The fourth-order valence-electron chi connectivity index (χ4n) is 3.02. The molecule has 0 heterocycles. The summed E-state index contributed by atoms with van der Waals surface area (Å²) in [5.74, 6) is 1.07. The minimum absolute atomic E-state index is 0.0679. The Bertz CT molecular complexity index is 413. The molecule has 2 aliphatic carbocycles. The molecule has 0 radical (unpaired) electrons. The molecule has 1 unspecified atom stereocenters. The predicted octanol–water partition coefficient (Wildman–Crippen LogP) is 1.74. The van der Waals surface area contributed by atoms with Gasteiger partial charge in [-0.25, -0.2) is 0 Å². The Labute approximate surface area is 101 Å². The van der Waals surface area contributed by atoms with E-state index in [1.54, 1.807) is 6.07 Å². The highest BCUT2D eigenvalue weighted by molar-refractivity contribution is 5.44. The number of hydrogen-bond acceptors (Lipinski definition) is 3. The molecule has 0 aliphatic heterocycles. The second kappa shape index (κ2) is 4.31. The van der Waals surface area contributed by atoms with E-state index in [0.29, 0.717) is 17.7 Å². The molecule has 1 saturated carbocycles. The van der Waals surface area contributed by atoms with E-state index in [2.05, 4.69) is 11.4 Å². The molecule has 92 valence electrons. The number of phenols is 1. The largest absolute Gasteiger partial charge is 0.508 e. The van der Waals surface area contributed by atoms with Gasteiger partial charge in [0.15, 0.2) is 0 Å². The SMILES string of the molecule is Oc1cccc2c1CCC2NCC1CC(O)C1. The summed E-state index contributed by atoms with van der Waals surface area (Å²) < 4.78 is 0. The van der Waals surface area contributed by atoms with Gasteiger partial charge in [0, 0.05) is 6.04 Å². The third-order valence-corrected chi connectivity index (χ3v) is 4.11. The highest BCUT2D eigenvalue weighted by Crippen LogP contribution is 2.36. The van der Waals surface area contributed by atoms with E-state index in [1.807, 2.05) is 6.07 Å². The van der Waals surface area contributed by atoms with Gasteiger partial charge in [-0.05, 0) is 55.3 Å². The van der Waals surface area contributed by atoms with E-state index in [-0.39, 0.29) is 6.10 Å². The first-order valence-electron chi connectivity index (χ1n) is 6.46. The quantitative estimate of drug-likeness (QED) is 0.745. The van der Waals surface area contributed by atoms with Gasteiger partial charge >= 0.3 is 0 Å². The lowest BCUT2D eigenvalue weighted by molar-refractivity contribution is 0.0418. The number of hydrogen-bond donors (Lipinski definition) is 3. The molecule has 0 saturated heterocycles. The molecule has 17 heavy (non-hydrogen) atoms. The van der Waals surface area contributed by atoms with Crippen LogP contribution in [0.3, 0.4) is 0 Å². The van der Waals surface area contributed by atoms with E-state index >= 15 is 0 Å². The molecule has 3 heteroatoms. The fraction of sp³-hybridized carbons (Fsp3) is 0.571. The van der Waals surface area contributed by atoms with Crippen molar-refractivity contribution in [2.24, 2.45) is 5.92 Å². The smallest absolute Gasteiger partial charge is 0.119 e. The Hall–Kier alpha value is -1.06. The third-order valence-electron chi connectivity index (χ3n) is 4.11.